The van der Waals surface area contributed by atoms with E-state index >= 15 is 0 Å². The van der Waals surface area contributed by atoms with Gasteiger partial charge < -0.3 is 15.0 Å². The van der Waals surface area contributed by atoms with Gasteiger partial charge in [0.2, 0.25) is 5.91 Å². The highest BCUT2D eigenvalue weighted by atomic mass is 35.5. The smallest absolute Gasteiger partial charge is 0.230 e. The molecule has 0 fully saturated rings. The Bertz CT molecular complexity index is 1250. The van der Waals surface area contributed by atoms with Gasteiger partial charge in [0.15, 0.2) is 5.16 Å². The van der Waals surface area contributed by atoms with Gasteiger partial charge in [-0.05, 0) is 47.3 Å². The maximum absolute atomic E-state index is 12.2. The third kappa shape index (κ3) is 4.38. The summed E-state index contributed by atoms with van der Waals surface area (Å²) in [5.74, 6) is 1.02. The van der Waals surface area contributed by atoms with Crippen LogP contribution in [0.2, 0.25) is 5.02 Å². The highest BCUT2D eigenvalue weighted by Crippen LogP contribution is 2.41. The van der Waals surface area contributed by atoms with E-state index in [4.69, 9.17) is 16.3 Å². The fourth-order valence-corrected chi connectivity index (χ4v) is 4.59. The first-order chi connectivity index (χ1) is 15.2. The third-order valence-corrected chi connectivity index (χ3v) is 6.22. The van der Waals surface area contributed by atoms with Crippen molar-refractivity contribution in [3.05, 3.63) is 71.6 Å². The molecule has 2 N–H and O–H groups in total. The summed E-state index contributed by atoms with van der Waals surface area (Å²) in [6, 6.07) is 13.9. The summed E-state index contributed by atoms with van der Waals surface area (Å²) < 4.78 is 6.24. The van der Waals surface area contributed by atoms with Gasteiger partial charge >= 0.3 is 0 Å². The number of fused-ring (bicyclic) bond motifs is 2. The van der Waals surface area contributed by atoms with Crippen molar-refractivity contribution >= 4 is 40.2 Å². The summed E-state index contributed by atoms with van der Waals surface area (Å²) in [4.78, 5) is 23.7. The second kappa shape index (κ2) is 8.61. The quantitative estimate of drug-likeness (QED) is 0.334. The lowest BCUT2D eigenvalue weighted by atomic mass is 9.99. The molecule has 0 aliphatic carbocycles. The molecule has 5 rings (SSSR count). The molecule has 3 heterocycles. The monoisotopic (exact) mass is 450 g/mol. The number of amides is 1. The van der Waals surface area contributed by atoms with Gasteiger partial charge in [0.25, 0.3) is 0 Å². The standard InChI is InChI=1S/C23H19ClN4O2S/c24-17-9-16-10-18(12-28-21(29)13-31-23-26-5-1-6-27-23)30-22(16)19(11-17)14-2-3-20-15(8-14)4-7-25-20/h1-9,11,18,25H,10,12-13H2,(H,28,29)/t18-/m1/s1. The molecule has 2 aromatic carbocycles. The van der Waals surface area contributed by atoms with Gasteiger partial charge in [0.1, 0.15) is 11.9 Å². The third-order valence-electron chi connectivity index (χ3n) is 5.13. The van der Waals surface area contributed by atoms with Crippen LogP contribution in [0.25, 0.3) is 22.0 Å². The van der Waals surface area contributed by atoms with Crippen LogP contribution in [0.1, 0.15) is 5.56 Å². The van der Waals surface area contributed by atoms with Crippen molar-refractivity contribution in [2.45, 2.75) is 17.7 Å². The number of rotatable bonds is 6. The Kier molecular flexibility index (Phi) is 5.53. The molecule has 2 aromatic heterocycles. The van der Waals surface area contributed by atoms with Crippen LogP contribution in [0.3, 0.4) is 0 Å². The number of carbonyl (C=O) groups excluding carboxylic acids is 1. The molecule has 156 valence electrons. The normalized spacial score (nSPS) is 14.9. The van der Waals surface area contributed by atoms with Gasteiger partial charge in [-0.2, -0.15) is 0 Å². The molecule has 0 saturated carbocycles. The fraction of sp³-hybridized carbons (Fsp3) is 0.174. The number of hydrogen-bond acceptors (Lipinski definition) is 5. The van der Waals surface area contributed by atoms with Crippen LogP contribution in [0.15, 0.2) is 66.2 Å². The van der Waals surface area contributed by atoms with Crippen molar-refractivity contribution in [1.82, 2.24) is 20.3 Å². The number of carbonyl (C=O) groups is 1. The summed E-state index contributed by atoms with van der Waals surface area (Å²) in [6.07, 6.45) is 5.81. The van der Waals surface area contributed by atoms with Gasteiger partial charge in [-0.25, -0.2) is 9.97 Å². The van der Waals surface area contributed by atoms with Crippen molar-refractivity contribution in [2.75, 3.05) is 12.3 Å². The predicted octanol–water partition coefficient (Wildman–Crippen LogP) is 4.49. The Balaban J connectivity index is 1.26. The SMILES string of the molecule is O=C(CSc1ncccn1)NC[C@H]1Cc2cc(Cl)cc(-c3ccc4[nH]ccc4c3)c2O1. The molecule has 0 saturated heterocycles. The minimum absolute atomic E-state index is 0.0758. The van der Waals surface area contributed by atoms with Gasteiger partial charge in [0, 0.05) is 46.7 Å². The van der Waals surface area contributed by atoms with Crippen molar-refractivity contribution < 1.29 is 9.53 Å². The average molecular weight is 451 g/mol. The van der Waals surface area contributed by atoms with Crippen LogP contribution in [-0.4, -0.2) is 39.3 Å². The van der Waals surface area contributed by atoms with E-state index in [2.05, 4.69) is 38.5 Å². The molecule has 4 aromatic rings. The summed E-state index contributed by atoms with van der Waals surface area (Å²) in [7, 11) is 0. The lowest BCUT2D eigenvalue weighted by Gasteiger charge is -2.14. The minimum atomic E-state index is -0.134. The first kappa shape index (κ1) is 19.9. The van der Waals surface area contributed by atoms with E-state index in [-0.39, 0.29) is 17.8 Å². The van der Waals surface area contributed by atoms with Crippen molar-refractivity contribution in [1.29, 1.82) is 0 Å². The van der Waals surface area contributed by atoms with Crippen LogP contribution < -0.4 is 10.1 Å². The summed E-state index contributed by atoms with van der Waals surface area (Å²) in [5, 5.41) is 5.34. The lowest BCUT2D eigenvalue weighted by Crippen LogP contribution is -2.35. The highest BCUT2D eigenvalue weighted by Gasteiger charge is 2.27. The number of hydrogen-bond donors (Lipinski definition) is 2. The number of H-pyrrole nitrogens is 1. The van der Waals surface area contributed by atoms with Crippen molar-refractivity contribution in [3.8, 4) is 16.9 Å². The minimum Gasteiger partial charge on any atom is -0.487 e. The molecular formula is C23H19ClN4O2S. The van der Waals surface area contributed by atoms with Crippen LogP contribution in [0.5, 0.6) is 5.75 Å². The first-order valence-electron chi connectivity index (χ1n) is 9.89. The molecule has 0 unspecified atom stereocenters. The highest BCUT2D eigenvalue weighted by molar-refractivity contribution is 7.99. The Morgan fingerprint density at radius 1 is 1.23 bits per heavy atom. The Morgan fingerprint density at radius 2 is 2.10 bits per heavy atom. The molecule has 1 aliphatic heterocycles. The number of thioether (sulfide) groups is 1. The number of nitrogens with zero attached hydrogens (tertiary/aromatic N) is 2. The van der Waals surface area contributed by atoms with Gasteiger partial charge in [0.05, 0.1) is 12.3 Å². The maximum atomic E-state index is 12.2. The van der Waals surface area contributed by atoms with E-state index < -0.39 is 0 Å². The topological polar surface area (TPSA) is 79.9 Å². The van der Waals surface area contributed by atoms with Crippen molar-refractivity contribution in [2.24, 2.45) is 0 Å². The summed E-state index contributed by atoms with van der Waals surface area (Å²) in [6.45, 7) is 0.428. The fourth-order valence-electron chi connectivity index (χ4n) is 3.71. The van der Waals surface area contributed by atoms with E-state index in [1.807, 2.05) is 24.4 Å². The largest absolute Gasteiger partial charge is 0.487 e. The number of benzene rings is 2. The predicted molar refractivity (Wildman–Crippen MR) is 123 cm³/mol. The number of halogens is 1. The number of aromatic amines is 1. The molecular weight excluding hydrogens is 432 g/mol. The van der Waals surface area contributed by atoms with Crippen LogP contribution >= 0.6 is 23.4 Å². The van der Waals surface area contributed by atoms with E-state index in [0.29, 0.717) is 23.1 Å². The van der Waals surface area contributed by atoms with Crippen LogP contribution in [0, 0.1) is 0 Å². The zero-order chi connectivity index (χ0) is 21.2. The Labute approximate surface area is 188 Å². The van der Waals surface area contributed by atoms with Gasteiger partial charge in [-0.15, -0.1) is 0 Å². The molecule has 6 nitrogen and oxygen atoms in total. The summed E-state index contributed by atoms with van der Waals surface area (Å²) in [5.41, 5.74) is 4.16. The molecule has 8 heteroatoms. The average Bonchev–Trinajstić information content (AvgIpc) is 3.42. The molecule has 0 bridgehead atoms. The molecule has 1 atom stereocenters. The molecule has 0 spiro atoms. The number of aromatic nitrogens is 3. The van der Waals surface area contributed by atoms with Gasteiger partial charge in [-0.1, -0.05) is 29.4 Å². The molecule has 0 radical (unpaired) electrons. The zero-order valence-electron chi connectivity index (χ0n) is 16.5. The molecule has 1 amide bonds. The Hall–Kier alpha value is -3.03. The molecule has 1 aliphatic rings. The number of ether oxygens (including phenoxy) is 1. The van der Waals surface area contributed by atoms with Crippen molar-refractivity contribution in [3.63, 3.8) is 0 Å². The molecule has 31 heavy (non-hydrogen) atoms. The number of nitrogens with one attached hydrogen (secondary N) is 2. The van der Waals surface area contributed by atoms with E-state index in [1.165, 1.54) is 11.8 Å². The summed E-state index contributed by atoms with van der Waals surface area (Å²) >= 11 is 7.71. The first-order valence-corrected chi connectivity index (χ1v) is 11.3. The lowest BCUT2D eigenvalue weighted by molar-refractivity contribution is -0.118. The van der Waals surface area contributed by atoms with Gasteiger partial charge in [-0.3, -0.25) is 4.79 Å². The second-order valence-corrected chi connectivity index (χ2v) is 8.67. The van der Waals surface area contributed by atoms with Crippen LogP contribution in [0.4, 0.5) is 0 Å². The Morgan fingerprint density at radius 3 is 2.97 bits per heavy atom. The van der Waals surface area contributed by atoms with E-state index in [0.717, 1.165) is 33.3 Å². The maximum Gasteiger partial charge on any atom is 0.230 e. The van der Waals surface area contributed by atoms with E-state index in [1.54, 1.807) is 18.5 Å². The zero-order valence-corrected chi connectivity index (χ0v) is 18.0. The second-order valence-electron chi connectivity index (χ2n) is 7.29. The van der Waals surface area contributed by atoms with Crippen LogP contribution in [-0.2, 0) is 11.2 Å². The van der Waals surface area contributed by atoms with E-state index in [9.17, 15) is 4.79 Å².